The van der Waals surface area contributed by atoms with E-state index in [4.69, 9.17) is 0 Å². The zero-order valence-corrected chi connectivity index (χ0v) is 12.4. The third-order valence-electron chi connectivity index (χ3n) is 4.33. The summed E-state index contributed by atoms with van der Waals surface area (Å²) in [6.07, 6.45) is 6.81. The Labute approximate surface area is 125 Å². The highest BCUT2D eigenvalue weighted by atomic mass is 16.6. The molecule has 0 aliphatic heterocycles. The molecule has 0 aromatic heterocycles. The molecule has 1 aliphatic rings. The third kappa shape index (κ3) is 4.51. The van der Waals surface area contributed by atoms with E-state index >= 15 is 0 Å². The van der Waals surface area contributed by atoms with Crippen LogP contribution in [-0.2, 0) is 6.42 Å². The lowest BCUT2D eigenvalue weighted by Crippen LogP contribution is -2.40. The predicted octanol–water partition coefficient (Wildman–Crippen LogP) is 2.76. The minimum Gasteiger partial charge on any atom is -0.395 e. The van der Waals surface area contributed by atoms with Crippen molar-refractivity contribution in [2.24, 2.45) is 0 Å². The van der Waals surface area contributed by atoms with Gasteiger partial charge in [0, 0.05) is 30.8 Å². The Kier molecular flexibility index (Phi) is 6.14. The molecule has 0 bridgehead atoms. The van der Waals surface area contributed by atoms with Gasteiger partial charge in [0.2, 0.25) is 0 Å². The van der Waals surface area contributed by atoms with E-state index in [-0.39, 0.29) is 17.2 Å². The third-order valence-corrected chi connectivity index (χ3v) is 4.33. The standard InChI is InChI=1S/C16H24N2O3/c19-13-12-17(15-7-2-1-3-8-15)11-10-14-6-4-5-9-16(14)18(20)21/h4-6,9,15,19H,1-3,7-8,10-13H2. The molecular weight excluding hydrogens is 268 g/mol. The smallest absolute Gasteiger partial charge is 0.272 e. The van der Waals surface area contributed by atoms with Gasteiger partial charge in [-0.05, 0) is 19.3 Å². The van der Waals surface area contributed by atoms with Crippen LogP contribution in [0.15, 0.2) is 24.3 Å². The Hall–Kier alpha value is -1.46. The molecule has 1 fully saturated rings. The van der Waals surface area contributed by atoms with Gasteiger partial charge >= 0.3 is 0 Å². The fourth-order valence-corrected chi connectivity index (χ4v) is 3.22. The van der Waals surface area contributed by atoms with Gasteiger partial charge in [-0.2, -0.15) is 0 Å². The number of benzene rings is 1. The summed E-state index contributed by atoms with van der Waals surface area (Å²) < 4.78 is 0. The van der Waals surface area contributed by atoms with E-state index in [1.165, 1.54) is 32.1 Å². The Morgan fingerprint density at radius 3 is 2.57 bits per heavy atom. The number of rotatable bonds is 7. The molecule has 0 saturated heterocycles. The van der Waals surface area contributed by atoms with Crippen molar-refractivity contribution in [1.29, 1.82) is 0 Å². The van der Waals surface area contributed by atoms with Crippen molar-refractivity contribution >= 4 is 5.69 Å². The van der Waals surface area contributed by atoms with Gasteiger partial charge in [-0.25, -0.2) is 0 Å². The first-order chi connectivity index (χ1) is 10.2. The molecule has 0 atom stereocenters. The SMILES string of the molecule is O=[N+]([O-])c1ccccc1CCN(CCO)C1CCCCC1. The summed E-state index contributed by atoms with van der Waals surface area (Å²) in [7, 11) is 0. The number of aliphatic hydroxyl groups is 1. The maximum absolute atomic E-state index is 11.0. The fourth-order valence-electron chi connectivity index (χ4n) is 3.22. The van der Waals surface area contributed by atoms with Crippen molar-refractivity contribution < 1.29 is 10.0 Å². The summed E-state index contributed by atoms with van der Waals surface area (Å²) in [5.74, 6) is 0. The molecule has 0 spiro atoms. The zero-order chi connectivity index (χ0) is 15.1. The second kappa shape index (κ2) is 8.10. The molecular formula is C16H24N2O3. The first-order valence-electron chi connectivity index (χ1n) is 7.79. The molecule has 0 amide bonds. The molecule has 1 saturated carbocycles. The second-order valence-electron chi connectivity index (χ2n) is 5.69. The largest absolute Gasteiger partial charge is 0.395 e. The van der Waals surface area contributed by atoms with Gasteiger partial charge in [-0.1, -0.05) is 37.5 Å². The van der Waals surface area contributed by atoms with E-state index in [2.05, 4.69) is 4.90 Å². The van der Waals surface area contributed by atoms with Crippen molar-refractivity contribution in [3.63, 3.8) is 0 Å². The monoisotopic (exact) mass is 292 g/mol. The lowest BCUT2D eigenvalue weighted by Gasteiger charge is -2.33. The Morgan fingerprint density at radius 1 is 1.19 bits per heavy atom. The first-order valence-corrected chi connectivity index (χ1v) is 7.79. The normalized spacial score (nSPS) is 16.3. The van der Waals surface area contributed by atoms with Crippen LogP contribution in [0, 0.1) is 10.1 Å². The second-order valence-corrected chi connectivity index (χ2v) is 5.69. The number of nitro benzene ring substituents is 1. The van der Waals surface area contributed by atoms with Crippen LogP contribution in [0.25, 0.3) is 0 Å². The minimum atomic E-state index is -0.313. The molecule has 0 heterocycles. The van der Waals surface area contributed by atoms with Crippen molar-refractivity contribution in [3.8, 4) is 0 Å². The number of hydrogen-bond donors (Lipinski definition) is 1. The number of para-hydroxylation sites is 1. The summed E-state index contributed by atoms with van der Waals surface area (Å²) >= 11 is 0. The van der Waals surface area contributed by atoms with Crippen molar-refractivity contribution in [3.05, 3.63) is 39.9 Å². The van der Waals surface area contributed by atoms with E-state index in [9.17, 15) is 15.2 Å². The van der Waals surface area contributed by atoms with Gasteiger partial charge < -0.3 is 5.11 Å². The molecule has 5 nitrogen and oxygen atoms in total. The molecule has 116 valence electrons. The average molecular weight is 292 g/mol. The fraction of sp³-hybridized carbons (Fsp3) is 0.625. The lowest BCUT2D eigenvalue weighted by molar-refractivity contribution is -0.385. The Morgan fingerprint density at radius 2 is 1.90 bits per heavy atom. The molecule has 21 heavy (non-hydrogen) atoms. The average Bonchev–Trinajstić information content (AvgIpc) is 2.52. The molecule has 1 aliphatic carbocycles. The van der Waals surface area contributed by atoms with Crippen molar-refractivity contribution in [2.45, 2.75) is 44.6 Å². The quantitative estimate of drug-likeness (QED) is 0.620. The van der Waals surface area contributed by atoms with E-state index < -0.39 is 0 Å². The first kappa shape index (κ1) is 15.9. The van der Waals surface area contributed by atoms with Crippen LogP contribution >= 0.6 is 0 Å². The van der Waals surface area contributed by atoms with Gasteiger partial charge in [0.1, 0.15) is 0 Å². The molecule has 2 rings (SSSR count). The van der Waals surface area contributed by atoms with E-state index in [1.54, 1.807) is 12.1 Å². The number of nitrogens with zero attached hydrogens (tertiary/aromatic N) is 2. The predicted molar refractivity (Wildman–Crippen MR) is 82.3 cm³/mol. The van der Waals surface area contributed by atoms with E-state index in [0.717, 1.165) is 12.1 Å². The highest BCUT2D eigenvalue weighted by Crippen LogP contribution is 2.24. The molecule has 1 N–H and O–H groups in total. The van der Waals surface area contributed by atoms with Crippen LogP contribution < -0.4 is 0 Å². The van der Waals surface area contributed by atoms with Crippen molar-refractivity contribution in [1.82, 2.24) is 4.90 Å². The molecule has 0 radical (unpaired) electrons. The number of nitro groups is 1. The lowest BCUT2D eigenvalue weighted by atomic mass is 9.94. The highest BCUT2D eigenvalue weighted by Gasteiger charge is 2.21. The van der Waals surface area contributed by atoms with Crippen LogP contribution in [-0.4, -0.2) is 40.7 Å². The number of aliphatic hydroxyl groups excluding tert-OH is 1. The zero-order valence-electron chi connectivity index (χ0n) is 12.4. The summed E-state index contributed by atoms with van der Waals surface area (Å²) in [5.41, 5.74) is 0.978. The maximum atomic E-state index is 11.0. The van der Waals surface area contributed by atoms with E-state index in [0.29, 0.717) is 19.0 Å². The maximum Gasteiger partial charge on any atom is 0.272 e. The van der Waals surface area contributed by atoms with Crippen LogP contribution in [0.1, 0.15) is 37.7 Å². The van der Waals surface area contributed by atoms with Crippen LogP contribution in [0.3, 0.4) is 0 Å². The van der Waals surface area contributed by atoms with Crippen LogP contribution in [0.4, 0.5) is 5.69 Å². The molecule has 1 aromatic carbocycles. The van der Waals surface area contributed by atoms with Crippen molar-refractivity contribution in [2.75, 3.05) is 19.7 Å². The van der Waals surface area contributed by atoms with Gasteiger partial charge in [-0.3, -0.25) is 15.0 Å². The minimum absolute atomic E-state index is 0.146. The molecule has 1 aromatic rings. The summed E-state index contributed by atoms with van der Waals surface area (Å²) in [5, 5.41) is 20.3. The van der Waals surface area contributed by atoms with Gasteiger partial charge in [0.25, 0.3) is 5.69 Å². The molecule has 5 heteroatoms. The molecule has 0 unspecified atom stereocenters. The van der Waals surface area contributed by atoms with Gasteiger partial charge in [0.15, 0.2) is 0 Å². The van der Waals surface area contributed by atoms with Crippen LogP contribution in [0.5, 0.6) is 0 Å². The topological polar surface area (TPSA) is 66.6 Å². The summed E-state index contributed by atoms with van der Waals surface area (Å²) in [6.45, 7) is 1.58. The van der Waals surface area contributed by atoms with Gasteiger partial charge in [-0.15, -0.1) is 0 Å². The summed E-state index contributed by atoms with van der Waals surface area (Å²) in [6, 6.07) is 7.46. The van der Waals surface area contributed by atoms with E-state index in [1.807, 2.05) is 12.1 Å². The van der Waals surface area contributed by atoms with Gasteiger partial charge in [0.05, 0.1) is 11.5 Å². The Bertz CT molecular complexity index is 459. The van der Waals surface area contributed by atoms with Crippen LogP contribution in [0.2, 0.25) is 0 Å². The number of hydrogen-bond acceptors (Lipinski definition) is 4. The highest BCUT2D eigenvalue weighted by molar-refractivity contribution is 5.39. The Balaban J connectivity index is 1.99. The summed E-state index contributed by atoms with van der Waals surface area (Å²) in [4.78, 5) is 13.0.